The molecule has 0 saturated carbocycles. The first-order valence-corrected chi connectivity index (χ1v) is 8.79. The Bertz CT molecular complexity index is 810. The highest BCUT2D eigenvalue weighted by Crippen LogP contribution is 2.25. The van der Waals surface area contributed by atoms with Gasteiger partial charge in [-0.05, 0) is 36.8 Å². The largest absolute Gasteiger partial charge is 0.497 e. The molecule has 0 atom stereocenters. The minimum atomic E-state index is -0.578. The van der Waals surface area contributed by atoms with Gasteiger partial charge in [0, 0.05) is 35.0 Å². The monoisotopic (exact) mass is 411 g/mol. The summed E-state index contributed by atoms with van der Waals surface area (Å²) in [5.74, 6) is 0.0928. The third-order valence-corrected chi connectivity index (χ3v) is 3.90. The van der Waals surface area contributed by atoms with Crippen LogP contribution in [0.1, 0.15) is 16.8 Å². The standard InChI is InChI=1S/C18H19Cl2N3O4/c1-27-14-3-4-15(17(25)21-5-2-6-24)16(10-14)23-18(26)22-13-8-11(19)7-12(20)9-13/h3-4,7-10,24H,2,5-6H2,1H3,(H,21,25)(H2,22,23,26). The maximum atomic E-state index is 12.3. The highest BCUT2D eigenvalue weighted by atomic mass is 35.5. The molecule has 0 aliphatic heterocycles. The predicted molar refractivity (Wildman–Crippen MR) is 106 cm³/mol. The average Bonchev–Trinajstić information content (AvgIpc) is 2.60. The molecule has 0 radical (unpaired) electrons. The van der Waals surface area contributed by atoms with Gasteiger partial charge in [0.2, 0.25) is 0 Å². The van der Waals surface area contributed by atoms with Gasteiger partial charge >= 0.3 is 6.03 Å². The van der Waals surface area contributed by atoms with Crippen LogP contribution in [-0.2, 0) is 0 Å². The van der Waals surface area contributed by atoms with Crippen molar-refractivity contribution in [1.29, 1.82) is 0 Å². The normalized spacial score (nSPS) is 10.2. The molecule has 9 heteroatoms. The van der Waals surface area contributed by atoms with Crippen LogP contribution >= 0.6 is 23.2 Å². The van der Waals surface area contributed by atoms with Gasteiger partial charge in [-0.25, -0.2) is 4.79 Å². The number of hydrogen-bond donors (Lipinski definition) is 4. The van der Waals surface area contributed by atoms with Gasteiger partial charge < -0.3 is 25.8 Å². The average molecular weight is 412 g/mol. The van der Waals surface area contributed by atoms with Gasteiger partial charge in [0.25, 0.3) is 5.91 Å². The summed E-state index contributed by atoms with van der Waals surface area (Å²) in [6.45, 7) is 0.284. The van der Waals surface area contributed by atoms with Crippen LogP contribution in [0.3, 0.4) is 0 Å². The molecule has 0 saturated heterocycles. The van der Waals surface area contributed by atoms with Crippen LogP contribution in [0.5, 0.6) is 5.75 Å². The summed E-state index contributed by atoms with van der Waals surface area (Å²) in [5.41, 5.74) is 0.927. The van der Waals surface area contributed by atoms with E-state index in [0.29, 0.717) is 34.4 Å². The Morgan fingerprint density at radius 1 is 1.07 bits per heavy atom. The van der Waals surface area contributed by atoms with Gasteiger partial charge in [-0.1, -0.05) is 23.2 Å². The number of aliphatic hydroxyl groups excluding tert-OH is 1. The number of hydrogen-bond acceptors (Lipinski definition) is 4. The second-order valence-electron chi connectivity index (χ2n) is 5.48. The zero-order valence-corrected chi connectivity index (χ0v) is 16.0. The van der Waals surface area contributed by atoms with Crippen molar-refractivity contribution >= 4 is 46.5 Å². The molecule has 0 aliphatic rings. The number of anilines is 2. The second-order valence-corrected chi connectivity index (χ2v) is 6.35. The third-order valence-electron chi connectivity index (χ3n) is 3.46. The van der Waals surface area contributed by atoms with Crippen molar-refractivity contribution in [3.8, 4) is 5.75 Å². The van der Waals surface area contributed by atoms with E-state index in [1.807, 2.05) is 0 Å². The quantitative estimate of drug-likeness (QED) is 0.521. The molecular formula is C18H19Cl2N3O4. The van der Waals surface area contributed by atoms with Gasteiger partial charge in [0.1, 0.15) is 5.75 Å². The lowest BCUT2D eigenvalue weighted by Crippen LogP contribution is -2.27. The van der Waals surface area contributed by atoms with Gasteiger partial charge in [-0.3, -0.25) is 4.79 Å². The summed E-state index contributed by atoms with van der Waals surface area (Å²) < 4.78 is 5.15. The number of carbonyl (C=O) groups is 2. The molecule has 2 aromatic rings. The zero-order valence-electron chi connectivity index (χ0n) is 14.5. The second kappa shape index (κ2) is 10.0. The van der Waals surface area contributed by atoms with E-state index in [0.717, 1.165) is 0 Å². The van der Waals surface area contributed by atoms with Gasteiger partial charge in [-0.2, -0.15) is 0 Å². The van der Waals surface area contributed by atoms with Gasteiger partial charge in [0.15, 0.2) is 0 Å². The molecular weight excluding hydrogens is 393 g/mol. The van der Waals surface area contributed by atoms with Crippen LogP contribution in [0.2, 0.25) is 10.0 Å². The SMILES string of the molecule is COc1ccc(C(=O)NCCCO)c(NC(=O)Nc2cc(Cl)cc(Cl)c2)c1. The van der Waals surface area contributed by atoms with E-state index in [9.17, 15) is 9.59 Å². The van der Waals surface area contributed by atoms with Crippen molar-refractivity contribution in [2.75, 3.05) is 30.9 Å². The number of rotatable bonds is 7. The maximum absolute atomic E-state index is 12.3. The van der Waals surface area contributed by atoms with Crippen LogP contribution in [0.25, 0.3) is 0 Å². The van der Waals surface area contributed by atoms with E-state index < -0.39 is 6.03 Å². The molecule has 0 heterocycles. The fourth-order valence-corrected chi connectivity index (χ4v) is 2.76. The highest BCUT2D eigenvalue weighted by molar-refractivity contribution is 6.35. The lowest BCUT2D eigenvalue weighted by molar-refractivity contribution is 0.0952. The third kappa shape index (κ3) is 6.32. The number of methoxy groups -OCH3 is 1. The molecule has 2 rings (SSSR count). The number of carbonyl (C=O) groups excluding carboxylic acids is 2. The Morgan fingerprint density at radius 2 is 1.78 bits per heavy atom. The highest BCUT2D eigenvalue weighted by Gasteiger charge is 2.15. The number of aliphatic hydroxyl groups is 1. The van der Waals surface area contributed by atoms with Crippen LogP contribution in [0, 0.1) is 0 Å². The maximum Gasteiger partial charge on any atom is 0.323 e. The minimum Gasteiger partial charge on any atom is -0.497 e. The van der Waals surface area contributed by atoms with Crippen molar-refractivity contribution in [3.63, 3.8) is 0 Å². The van der Waals surface area contributed by atoms with Crippen LogP contribution in [-0.4, -0.2) is 37.3 Å². The molecule has 7 nitrogen and oxygen atoms in total. The number of benzene rings is 2. The number of amides is 3. The van der Waals surface area contributed by atoms with E-state index >= 15 is 0 Å². The lowest BCUT2D eigenvalue weighted by atomic mass is 10.1. The Hall–Kier alpha value is -2.48. The first-order chi connectivity index (χ1) is 12.9. The Labute approximate surface area is 166 Å². The van der Waals surface area contributed by atoms with Crippen molar-refractivity contribution in [2.45, 2.75) is 6.42 Å². The van der Waals surface area contributed by atoms with E-state index in [1.165, 1.54) is 13.2 Å². The van der Waals surface area contributed by atoms with Crippen molar-refractivity contribution < 1.29 is 19.4 Å². The van der Waals surface area contributed by atoms with Crippen molar-refractivity contribution in [3.05, 3.63) is 52.0 Å². The summed E-state index contributed by atoms with van der Waals surface area (Å²) >= 11 is 11.8. The Kier molecular flexibility index (Phi) is 7.72. The first-order valence-electron chi connectivity index (χ1n) is 8.04. The van der Waals surface area contributed by atoms with Crippen molar-refractivity contribution in [2.24, 2.45) is 0 Å². The summed E-state index contributed by atoms with van der Waals surface area (Å²) in [6, 6.07) is 8.74. The molecule has 3 amide bonds. The van der Waals surface area contributed by atoms with E-state index in [1.54, 1.807) is 30.3 Å². The lowest BCUT2D eigenvalue weighted by Gasteiger charge is -2.14. The topological polar surface area (TPSA) is 99.7 Å². The van der Waals surface area contributed by atoms with Crippen molar-refractivity contribution in [1.82, 2.24) is 5.32 Å². The number of ether oxygens (including phenoxy) is 1. The molecule has 0 aliphatic carbocycles. The molecule has 2 aromatic carbocycles. The molecule has 144 valence electrons. The van der Waals surface area contributed by atoms with Crippen LogP contribution in [0.4, 0.5) is 16.2 Å². The molecule has 27 heavy (non-hydrogen) atoms. The number of halogens is 2. The number of nitrogens with one attached hydrogen (secondary N) is 3. The molecule has 0 aromatic heterocycles. The molecule has 0 spiro atoms. The number of urea groups is 1. The van der Waals surface area contributed by atoms with Gasteiger partial charge in [-0.15, -0.1) is 0 Å². The molecule has 0 fully saturated rings. The fraction of sp³-hybridized carbons (Fsp3) is 0.222. The summed E-state index contributed by atoms with van der Waals surface area (Å²) in [5, 5.41) is 17.5. The Morgan fingerprint density at radius 3 is 2.41 bits per heavy atom. The van der Waals surface area contributed by atoms with Crippen LogP contribution < -0.4 is 20.7 Å². The molecule has 0 unspecified atom stereocenters. The smallest absolute Gasteiger partial charge is 0.323 e. The summed E-state index contributed by atoms with van der Waals surface area (Å²) in [4.78, 5) is 24.7. The van der Waals surface area contributed by atoms with E-state index in [2.05, 4.69) is 16.0 Å². The van der Waals surface area contributed by atoms with E-state index in [4.69, 9.17) is 33.0 Å². The van der Waals surface area contributed by atoms with Crippen LogP contribution in [0.15, 0.2) is 36.4 Å². The summed E-state index contributed by atoms with van der Waals surface area (Å²) in [6.07, 6.45) is 0.431. The predicted octanol–water partition coefficient (Wildman–Crippen LogP) is 3.76. The zero-order chi connectivity index (χ0) is 19.8. The fourth-order valence-electron chi connectivity index (χ4n) is 2.24. The Balaban J connectivity index is 2.17. The van der Waals surface area contributed by atoms with E-state index in [-0.39, 0.29) is 23.8 Å². The molecule has 4 N–H and O–H groups in total. The minimum absolute atomic E-state index is 0.0292. The molecule has 0 bridgehead atoms. The van der Waals surface area contributed by atoms with Gasteiger partial charge in [0.05, 0.1) is 18.4 Å². The first kappa shape index (κ1) is 20.8. The summed E-state index contributed by atoms with van der Waals surface area (Å²) in [7, 11) is 1.48.